The van der Waals surface area contributed by atoms with Crippen LogP contribution in [-0.2, 0) is 21.4 Å². The monoisotopic (exact) mass is 444 g/mol. The van der Waals surface area contributed by atoms with Crippen LogP contribution in [0.5, 0.6) is 0 Å². The zero-order valence-corrected chi connectivity index (χ0v) is 19.3. The van der Waals surface area contributed by atoms with E-state index >= 15 is 0 Å². The molecule has 5 rings (SSSR count). The molecule has 2 aromatic carbocycles. The van der Waals surface area contributed by atoms with Gasteiger partial charge in [0, 0.05) is 11.3 Å². The lowest BCUT2D eigenvalue weighted by Gasteiger charge is -2.39. The third-order valence-corrected chi connectivity index (χ3v) is 7.64. The number of allylic oxidation sites excluding steroid dienone is 1. The first-order valence-corrected chi connectivity index (χ1v) is 12.1. The number of amides is 2. The summed E-state index contributed by atoms with van der Waals surface area (Å²) in [6.07, 6.45) is 7.77. The Bertz CT molecular complexity index is 1040. The largest absolute Gasteiger partial charge is 0.447 e. The highest BCUT2D eigenvalue weighted by atomic mass is 16.6. The van der Waals surface area contributed by atoms with Crippen LogP contribution in [0.4, 0.5) is 4.79 Å². The molecule has 33 heavy (non-hydrogen) atoms. The minimum Gasteiger partial charge on any atom is -0.447 e. The summed E-state index contributed by atoms with van der Waals surface area (Å²) in [5, 5.41) is 0. The van der Waals surface area contributed by atoms with Crippen molar-refractivity contribution in [1.82, 2.24) is 9.80 Å². The van der Waals surface area contributed by atoms with Crippen LogP contribution in [0.2, 0.25) is 0 Å². The van der Waals surface area contributed by atoms with Gasteiger partial charge in [0.05, 0.1) is 6.04 Å². The Hall–Kier alpha value is -2.92. The van der Waals surface area contributed by atoms with Crippen LogP contribution in [-0.4, -0.2) is 54.1 Å². The lowest BCUT2D eigenvalue weighted by molar-refractivity contribution is -0.133. The van der Waals surface area contributed by atoms with Gasteiger partial charge in [-0.1, -0.05) is 73.7 Å². The van der Waals surface area contributed by atoms with Crippen LogP contribution in [0.15, 0.2) is 60.7 Å². The van der Waals surface area contributed by atoms with Crippen molar-refractivity contribution in [3.05, 3.63) is 77.4 Å². The fraction of sp³-hybridized carbons (Fsp3) is 0.429. The minimum absolute atomic E-state index is 0.112. The summed E-state index contributed by atoms with van der Waals surface area (Å²) >= 11 is 0. The SMILES string of the molecule is C[C@H](CCN1CCC2(C=Cc3ccccc32)CC1)C(=O)N1C(=O)OC[C@@H]1Cc1ccccc1. The third kappa shape index (κ3) is 4.34. The second-order valence-corrected chi connectivity index (χ2v) is 9.74. The van der Waals surface area contributed by atoms with E-state index in [1.807, 2.05) is 37.3 Å². The number of rotatable bonds is 6. The Morgan fingerprint density at radius 3 is 2.61 bits per heavy atom. The van der Waals surface area contributed by atoms with Gasteiger partial charge in [-0.3, -0.25) is 4.79 Å². The molecule has 3 aliphatic rings. The zero-order valence-electron chi connectivity index (χ0n) is 19.3. The molecule has 0 unspecified atom stereocenters. The first-order chi connectivity index (χ1) is 16.1. The Kier molecular flexibility index (Phi) is 6.07. The number of carbonyl (C=O) groups is 2. The van der Waals surface area contributed by atoms with Crippen LogP contribution in [0.3, 0.4) is 0 Å². The van der Waals surface area contributed by atoms with E-state index in [1.54, 1.807) is 0 Å². The van der Waals surface area contributed by atoms with Gasteiger partial charge in [-0.2, -0.15) is 0 Å². The van der Waals surface area contributed by atoms with E-state index in [0.29, 0.717) is 6.42 Å². The Labute approximate surface area is 196 Å². The molecular weight excluding hydrogens is 412 g/mol. The van der Waals surface area contributed by atoms with Gasteiger partial charge in [0.15, 0.2) is 0 Å². The highest BCUT2D eigenvalue weighted by molar-refractivity contribution is 5.94. The van der Waals surface area contributed by atoms with Crippen molar-refractivity contribution in [2.45, 2.75) is 44.1 Å². The van der Waals surface area contributed by atoms with Gasteiger partial charge in [0.1, 0.15) is 6.61 Å². The average Bonchev–Trinajstić information content (AvgIpc) is 3.39. The molecule has 2 fully saturated rings. The van der Waals surface area contributed by atoms with Gasteiger partial charge in [0.2, 0.25) is 5.91 Å². The molecule has 2 aliphatic heterocycles. The zero-order chi connectivity index (χ0) is 22.8. The third-order valence-electron chi connectivity index (χ3n) is 7.64. The van der Waals surface area contributed by atoms with E-state index in [1.165, 1.54) is 16.0 Å². The molecule has 2 heterocycles. The second kappa shape index (κ2) is 9.14. The van der Waals surface area contributed by atoms with Gasteiger partial charge in [-0.05, 0) is 62.0 Å². The van der Waals surface area contributed by atoms with Gasteiger partial charge >= 0.3 is 6.09 Å². The number of benzene rings is 2. The summed E-state index contributed by atoms with van der Waals surface area (Å²) in [4.78, 5) is 29.3. The van der Waals surface area contributed by atoms with Gasteiger partial charge in [-0.25, -0.2) is 9.69 Å². The van der Waals surface area contributed by atoms with E-state index in [9.17, 15) is 9.59 Å². The van der Waals surface area contributed by atoms with E-state index in [0.717, 1.165) is 44.5 Å². The molecule has 2 atom stereocenters. The molecule has 0 radical (unpaired) electrons. The fourth-order valence-corrected chi connectivity index (χ4v) is 5.55. The number of likely N-dealkylation sites (tertiary alicyclic amines) is 1. The maximum Gasteiger partial charge on any atom is 0.416 e. The predicted octanol–water partition coefficient (Wildman–Crippen LogP) is 4.66. The summed E-state index contributed by atoms with van der Waals surface area (Å²) in [7, 11) is 0. The molecule has 172 valence electrons. The van der Waals surface area contributed by atoms with Crippen molar-refractivity contribution in [1.29, 1.82) is 0 Å². The van der Waals surface area contributed by atoms with Crippen molar-refractivity contribution in [3.63, 3.8) is 0 Å². The Morgan fingerprint density at radius 2 is 1.82 bits per heavy atom. The Morgan fingerprint density at radius 1 is 1.09 bits per heavy atom. The standard InChI is InChI=1S/C28H32N2O3/c1-21(26(31)30-24(20-33-27(30)32)19-22-7-3-2-4-8-22)12-16-29-17-14-28(15-18-29)13-11-23-9-5-6-10-25(23)28/h2-11,13,21,24H,12,14-20H2,1H3/t21-,24+/m1/s1. The van der Waals surface area contributed by atoms with Crippen LogP contribution >= 0.6 is 0 Å². The first-order valence-electron chi connectivity index (χ1n) is 12.1. The lowest BCUT2D eigenvalue weighted by Crippen LogP contribution is -2.45. The summed E-state index contributed by atoms with van der Waals surface area (Å²) in [6.45, 7) is 5.15. The maximum absolute atomic E-state index is 13.2. The number of hydrogen-bond acceptors (Lipinski definition) is 4. The lowest BCUT2D eigenvalue weighted by atomic mass is 9.74. The number of imide groups is 1. The number of nitrogens with zero attached hydrogens (tertiary/aromatic N) is 2. The minimum atomic E-state index is -0.501. The van der Waals surface area contributed by atoms with E-state index in [2.05, 4.69) is 41.3 Å². The molecule has 2 amide bonds. The molecule has 2 saturated heterocycles. The van der Waals surface area contributed by atoms with Crippen molar-refractivity contribution < 1.29 is 14.3 Å². The summed E-state index contributed by atoms with van der Waals surface area (Å²) in [5.41, 5.74) is 4.10. The van der Waals surface area contributed by atoms with Crippen LogP contribution in [0.25, 0.3) is 6.08 Å². The van der Waals surface area contributed by atoms with Crippen molar-refractivity contribution in [2.75, 3.05) is 26.2 Å². The smallest absolute Gasteiger partial charge is 0.416 e. The van der Waals surface area contributed by atoms with Crippen LogP contribution in [0.1, 0.15) is 42.9 Å². The number of hydrogen-bond donors (Lipinski definition) is 0. The average molecular weight is 445 g/mol. The van der Waals surface area contributed by atoms with Crippen LogP contribution < -0.4 is 0 Å². The Balaban J connectivity index is 1.14. The molecule has 0 bridgehead atoms. The maximum atomic E-state index is 13.2. The molecule has 5 heteroatoms. The van der Waals surface area contributed by atoms with Gasteiger partial charge < -0.3 is 9.64 Å². The molecule has 0 saturated carbocycles. The van der Waals surface area contributed by atoms with Gasteiger partial charge in [-0.15, -0.1) is 0 Å². The van der Waals surface area contributed by atoms with E-state index < -0.39 is 6.09 Å². The first kappa shape index (κ1) is 21.9. The van der Waals surface area contributed by atoms with Crippen molar-refractivity contribution >= 4 is 18.1 Å². The topological polar surface area (TPSA) is 49.9 Å². The summed E-state index contributed by atoms with van der Waals surface area (Å²) < 4.78 is 5.25. The number of piperidine rings is 1. The molecule has 2 aromatic rings. The predicted molar refractivity (Wildman–Crippen MR) is 129 cm³/mol. The molecule has 1 spiro atoms. The molecule has 0 N–H and O–H groups in total. The summed E-state index contributed by atoms with van der Waals surface area (Å²) in [6, 6.07) is 18.5. The molecule has 1 aliphatic carbocycles. The number of cyclic esters (lactones) is 1. The van der Waals surface area contributed by atoms with Crippen molar-refractivity contribution in [2.24, 2.45) is 5.92 Å². The van der Waals surface area contributed by atoms with Gasteiger partial charge in [0.25, 0.3) is 0 Å². The van der Waals surface area contributed by atoms with E-state index in [-0.39, 0.29) is 29.9 Å². The highest BCUT2D eigenvalue weighted by Crippen LogP contribution is 2.43. The molecule has 0 aromatic heterocycles. The molecule has 5 nitrogen and oxygen atoms in total. The fourth-order valence-electron chi connectivity index (χ4n) is 5.55. The number of ether oxygens (including phenoxy) is 1. The number of carbonyl (C=O) groups excluding carboxylic acids is 2. The molecular formula is C28H32N2O3. The highest BCUT2D eigenvalue weighted by Gasteiger charge is 2.40. The normalized spacial score (nSPS) is 22.4. The van der Waals surface area contributed by atoms with E-state index in [4.69, 9.17) is 4.74 Å². The quantitative estimate of drug-likeness (QED) is 0.650. The van der Waals surface area contributed by atoms with Crippen molar-refractivity contribution in [3.8, 4) is 0 Å². The number of fused-ring (bicyclic) bond motifs is 2. The second-order valence-electron chi connectivity index (χ2n) is 9.74. The summed E-state index contributed by atoms with van der Waals surface area (Å²) in [5.74, 6) is -0.323. The van der Waals surface area contributed by atoms with Crippen LogP contribution in [0, 0.1) is 5.92 Å².